The third-order valence-electron chi connectivity index (χ3n) is 3.75. The van der Waals surface area contributed by atoms with Gasteiger partial charge in [0.1, 0.15) is 5.69 Å². The Bertz CT molecular complexity index is 728. The summed E-state index contributed by atoms with van der Waals surface area (Å²) < 4.78 is 1.86. The van der Waals surface area contributed by atoms with E-state index in [0.717, 1.165) is 41.1 Å². The Kier molecular flexibility index (Phi) is 3.36. The quantitative estimate of drug-likeness (QED) is 0.742. The highest BCUT2D eigenvalue weighted by molar-refractivity contribution is 7.19. The van der Waals surface area contributed by atoms with Crippen LogP contribution < -0.4 is 0 Å². The summed E-state index contributed by atoms with van der Waals surface area (Å²) in [7, 11) is 0. The van der Waals surface area contributed by atoms with Gasteiger partial charge in [-0.15, -0.1) is 10.2 Å². The second kappa shape index (κ2) is 5.50. The maximum atomic E-state index is 4.63. The molecule has 7 heteroatoms. The first-order valence-corrected chi connectivity index (χ1v) is 8.07. The fourth-order valence-corrected chi connectivity index (χ4v) is 3.50. The Balaban J connectivity index is 1.63. The Morgan fingerprint density at radius 2 is 2.00 bits per heavy atom. The molecule has 1 aliphatic rings. The molecule has 0 bridgehead atoms. The number of hydrogen-bond acceptors (Lipinski definition) is 6. The number of rotatable bonds is 3. The van der Waals surface area contributed by atoms with Crippen LogP contribution in [0.1, 0.15) is 25.1 Å². The molecule has 0 saturated carbocycles. The molecular formula is C14H16N6S. The monoisotopic (exact) mass is 300 g/mol. The summed E-state index contributed by atoms with van der Waals surface area (Å²) in [5.41, 5.74) is 0.886. The summed E-state index contributed by atoms with van der Waals surface area (Å²) in [6.07, 6.45) is 5.68. The third-order valence-corrected chi connectivity index (χ3v) is 4.67. The zero-order valence-corrected chi connectivity index (χ0v) is 12.5. The molecule has 1 saturated heterocycles. The largest absolute Gasteiger partial charge is 0.296 e. The summed E-state index contributed by atoms with van der Waals surface area (Å²) in [4.78, 5) is 7.61. The van der Waals surface area contributed by atoms with Crippen molar-refractivity contribution in [1.29, 1.82) is 0 Å². The highest BCUT2D eigenvalue weighted by Crippen LogP contribution is 2.24. The average Bonchev–Trinajstić information content (AvgIpc) is 3.11. The molecule has 0 aromatic carbocycles. The van der Waals surface area contributed by atoms with Gasteiger partial charge in [-0.05, 0) is 38.1 Å². The third kappa shape index (κ3) is 2.54. The van der Waals surface area contributed by atoms with Crippen LogP contribution in [0.25, 0.3) is 15.7 Å². The fourth-order valence-electron chi connectivity index (χ4n) is 2.67. The van der Waals surface area contributed by atoms with Crippen molar-refractivity contribution in [3.63, 3.8) is 0 Å². The average molecular weight is 300 g/mol. The molecule has 1 fully saturated rings. The normalized spacial score (nSPS) is 16.6. The SMILES string of the molecule is c1ccc(-c2nn3c(CN4CCCCC4)nnc3s2)nc1. The zero-order valence-electron chi connectivity index (χ0n) is 11.6. The lowest BCUT2D eigenvalue weighted by Gasteiger charge is -2.25. The smallest absolute Gasteiger partial charge is 0.235 e. The van der Waals surface area contributed by atoms with Crippen LogP contribution in [-0.4, -0.2) is 42.8 Å². The van der Waals surface area contributed by atoms with E-state index in [0.29, 0.717) is 0 Å². The molecule has 6 nitrogen and oxygen atoms in total. The van der Waals surface area contributed by atoms with E-state index >= 15 is 0 Å². The van der Waals surface area contributed by atoms with Crippen molar-refractivity contribution >= 4 is 16.3 Å². The van der Waals surface area contributed by atoms with Gasteiger partial charge in [-0.2, -0.15) is 9.61 Å². The summed E-state index contributed by atoms with van der Waals surface area (Å²) in [5, 5.41) is 14.0. The van der Waals surface area contributed by atoms with E-state index in [1.165, 1.54) is 30.6 Å². The van der Waals surface area contributed by atoms with Gasteiger partial charge in [0.2, 0.25) is 4.96 Å². The standard InChI is InChI=1S/C14H16N6S/c1-4-8-19(9-5-1)10-12-16-17-14-20(12)18-13(21-14)11-6-2-3-7-15-11/h2-3,6-7H,1,4-5,8-10H2. The van der Waals surface area contributed by atoms with Crippen LogP contribution in [0.4, 0.5) is 0 Å². The number of fused-ring (bicyclic) bond motifs is 1. The maximum absolute atomic E-state index is 4.63. The molecule has 0 N–H and O–H groups in total. The number of aromatic nitrogens is 5. The Morgan fingerprint density at radius 3 is 2.81 bits per heavy atom. The van der Waals surface area contributed by atoms with Gasteiger partial charge in [0.15, 0.2) is 10.8 Å². The van der Waals surface area contributed by atoms with Crippen molar-refractivity contribution in [2.75, 3.05) is 13.1 Å². The Labute approximate surface area is 126 Å². The minimum Gasteiger partial charge on any atom is -0.296 e. The summed E-state index contributed by atoms with van der Waals surface area (Å²) in [5.74, 6) is 0.922. The first kappa shape index (κ1) is 12.8. The van der Waals surface area contributed by atoms with Gasteiger partial charge in [-0.1, -0.05) is 23.8 Å². The first-order valence-electron chi connectivity index (χ1n) is 7.25. The van der Waals surface area contributed by atoms with Crippen molar-refractivity contribution in [3.05, 3.63) is 30.2 Å². The van der Waals surface area contributed by atoms with E-state index in [1.807, 2.05) is 22.7 Å². The fraction of sp³-hybridized carbons (Fsp3) is 0.429. The van der Waals surface area contributed by atoms with Crippen LogP contribution in [0.5, 0.6) is 0 Å². The number of nitrogens with zero attached hydrogens (tertiary/aromatic N) is 6. The minimum atomic E-state index is 0.826. The molecule has 3 aromatic heterocycles. The van der Waals surface area contributed by atoms with Gasteiger partial charge in [0, 0.05) is 6.20 Å². The van der Waals surface area contributed by atoms with Gasteiger partial charge >= 0.3 is 0 Å². The first-order chi connectivity index (χ1) is 10.4. The number of piperidine rings is 1. The highest BCUT2D eigenvalue weighted by atomic mass is 32.1. The summed E-state index contributed by atoms with van der Waals surface area (Å²) in [6.45, 7) is 3.12. The van der Waals surface area contributed by atoms with Gasteiger partial charge < -0.3 is 0 Å². The maximum Gasteiger partial charge on any atom is 0.235 e. The van der Waals surface area contributed by atoms with Crippen LogP contribution >= 0.6 is 11.3 Å². The van der Waals surface area contributed by atoms with E-state index in [2.05, 4.69) is 25.2 Å². The molecule has 0 unspecified atom stereocenters. The molecule has 0 radical (unpaired) electrons. The molecule has 1 aliphatic heterocycles. The van der Waals surface area contributed by atoms with E-state index in [9.17, 15) is 0 Å². The molecule has 0 aliphatic carbocycles. The Hall–Kier alpha value is -1.86. The second-order valence-corrected chi connectivity index (χ2v) is 6.23. The van der Waals surface area contributed by atoms with Gasteiger partial charge in [0.05, 0.1) is 6.54 Å². The van der Waals surface area contributed by atoms with Crippen molar-refractivity contribution in [1.82, 2.24) is 29.7 Å². The molecule has 3 aromatic rings. The molecule has 21 heavy (non-hydrogen) atoms. The summed E-state index contributed by atoms with van der Waals surface area (Å²) >= 11 is 1.53. The van der Waals surface area contributed by atoms with Crippen LogP contribution in [0, 0.1) is 0 Å². The van der Waals surface area contributed by atoms with Gasteiger partial charge in [-0.3, -0.25) is 9.88 Å². The van der Waals surface area contributed by atoms with Gasteiger partial charge in [-0.25, -0.2) is 0 Å². The lowest BCUT2D eigenvalue weighted by Crippen LogP contribution is -2.30. The molecular weight excluding hydrogens is 284 g/mol. The molecule has 4 heterocycles. The second-order valence-electron chi connectivity index (χ2n) is 5.27. The lowest BCUT2D eigenvalue weighted by atomic mass is 10.1. The van der Waals surface area contributed by atoms with Gasteiger partial charge in [0.25, 0.3) is 0 Å². The van der Waals surface area contributed by atoms with Crippen molar-refractivity contribution in [2.45, 2.75) is 25.8 Å². The molecule has 4 rings (SSSR count). The molecule has 0 atom stereocenters. The van der Waals surface area contributed by atoms with E-state index in [1.54, 1.807) is 6.20 Å². The van der Waals surface area contributed by atoms with Crippen LogP contribution in [0.2, 0.25) is 0 Å². The topological polar surface area (TPSA) is 59.2 Å². The lowest BCUT2D eigenvalue weighted by molar-refractivity contribution is 0.214. The van der Waals surface area contributed by atoms with Crippen molar-refractivity contribution in [2.24, 2.45) is 0 Å². The van der Waals surface area contributed by atoms with E-state index < -0.39 is 0 Å². The number of likely N-dealkylation sites (tertiary alicyclic amines) is 1. The van der Waals surface area contributed by atoms with E-state index in [4.69, 9.17) is 0 Å². The molecule has 0 spiro atoms. The highest BCUT2D eigenvalue weighted by Gasteiger charge is 2.17. The molecule has 108 valence electrons. The van der Waals surface area contributed by atoms with Crippen LogP contribution in [-0.2, 0) is 6.54 Å². The van der Waals surface area contributed by atoms with Crippen molar-refractivity contribution < 1.29 is 0 Å². The minimum absolute atomic E-state index is 0.826. The van der Waals surface area contributed by atoms with Crippen molar-refractivity contribution in [3.8, 4) is 10.7 Å². The number of pyridine rings is 1. The predicted octanol–water partition coefficient (Wildman–Crippen LogP) is 2.23. The number of hydrogen-bond donors (Lipinski definition) is 0. The van der Waals surface area contributed by atoms with Crippen LogP contribution in [0.15, 0.2) is 24.4 Å². The summed E-state index contributed by atoms with van der Waals surface area (Å²) in [6, 6.07) is 5.85. The molecule has 0 amide bonds. The Morgan fingerprint density at radius 1 is 1.10 bits per heavy atom. The van der Waals surface area contributed by atoms with Crippen LogP contribution in [0.3, 0.4) is 0 Å². The van der Waals surface area contributed by atoms with E-state index in [-0.39, 0.29) is 0 Å². The zero-order chi connectivity index (χ0) is 14.1. The predicted molar refractivity (Wildman–Crippen MR) is 81.0 cm³/mol.